The first-order chi connectivity index (χ1) is 7.17. The molecule has 0 aromatic heterocycles. The number of nitro benzene ring substituents is 1. The number of hydrogen-bond acceptors (Lipinski definition) is 4. The molecule has 0 N–H and O–H groups in total. The van der Waals surface area contributed by atoms with Crippen molar-refractivity contribution in [2.45, 2.75) is 18.7 Å². The van der Waals surface area contributed by atoms with Crippen LogP contribution in [0.2, 0.25) is 0 Å². The molecule has 0 saturated carbocycles. The zero-order valence-electron chi connectivity index (χ0n) is 8.73. The van der Waals surface area contributed by atoms with Crippen molar-refractivity contribution in [3.8, 4) is 5.75 Å². The van der Waals surface area contributed by atoms with Crippen LogP contribution in [0.25, 0.3) is 0 Å². The third-order valence-electron chi connectivity index (χ3n) is 1.70. The lowest BCUT2D eigenvalue weighted by atomic mass is 10.3. The van der Waals surface area contributed by atoms with Crippen LogP contribution in [0.15, 0.2) is 23.1 Å². The number of nitrogens with zero attached hydrogens (tertiary/aromatic N) is 1. The first-order valence-electron chi connectivity index (χ1n) is 4.72. The summed E-state index contributed by atoms with van der Waals surface area (Å²) in [6.07, 6.45) is 0. The third-order valence-corrected chi connectivity index (χ3v) is 2.56. The predicted molar refractivity (Wildman–Crippen MR) is 60.7 cm³/mol. The van der Waals surface area contributed by atoms with Crippen LogP contribution in [-0.2, 0) is 0 Å². The van der Waals surface area contributed by atoms with Crippen molar-refractivity contribution < 1.29 is 9.66 Å². The summed E-state index contributed by atoms with van der Waals surface area (Å²) >= 11 is 1.56. The van der Waals surface area contributed by atoms with E-state index in [2.05, 4.69) is 0 Å². The van der Waals surface area contributed by atoms with Crippen molar-refractivity contribution in [3.63, 3.8) is 0 Å². The van der Waals surface area contributed by atoms with Gasteiger partial charge in [0.1, 0.15) is 5.75 Å². The second-order valence-electron chi connectivity index (χ2n) is 2.79. The highest BCUT2D eigenvalue weighted by Crippen LogP contribution is 2.28. The van der Waals surface area contributed by atoms with Crippen LogP contribution in [0.1, 0.15) is 13.8 Å². The SMILES string of the molecule is CCOc1cc(SCC)cc([N+](=O)[O-])c1. The van der Waals surface area contributed by atoms with Gasteiger partial charge >= 0.3 is 0 Å². The Balaban J connectivity index is 3.02. The highest BCUT2D eigenvalue weighted by Gasteiger charge is 2.10. The van der Waals surface area contributed by atoms with Crippen molar-refractivity contribution in [1.82, 2.24) is 0 Å². The molecule has 0 saturated heterocycles. The monoisotopic (exact) mass is 227 g/mol. The summed E-state index contributed by atoms with van der Waals surface area (Å²) in [4.78, 5) is 11.1. The summed E-state index contributed by atoms with van der Waals surface area (Å²) in [5.74, 6) is 1.44. The fourth-order valence-electron chi connectivity index (χ4n) is 1.16. The number of hydrogen-bond donors (Lipinski definition) is 0. The molecule has 0 spiro atoms. The minimum Gasteiger partial charge on any atom is -0.494 e. The molecular weight excluding hydrogens is 214 g/mol. The van der Waals surface area contributed by atoms with Crippen LogP contribution in [-0.4, -0.2) is 17.3 Å². The smallest absolute Gasteiger partial charge is 0.274 e. The fraction of sp³-hybridized carbons (Fsp3) is 0.400. The summed E-state index contributed by atoms with van der Waals surface area (Å²) in [7, 11) is 0. The van der Waals surface area contributed by atoms with Crippen LogP contribution in [0.4, 0.5) is 5.69 Å². The minimum absolute atomic E-state index is 0.0805. The molecule has 0 amide bonds. The molecule has 1 aromatic rings. The zero-order valence-corrected chi connectivity index (χ0v) is 9.54. The van der Waals surface area contributed by atoms with Gasteiger partial charge in [-0.1, -0.05) is 6.92 Å². The fourth-order valence-corrected chi connectivity index (χ4v) is 1.90. The van der Waals surface area contributed by atoms with Crippen LogP contribution < -0.4 is 4.74 Å². The Morgan fingerprint density at radius 3 is 2.67 bits per heavy atom. The maximum absolute atomic E-state index is 10.7. The molecule has 0 atom stereocenters. The zero-order chi connectivity index (χ0) is 11.3. The average molecular weight is 227 g/mol. The number of rotatable bonds is 5. The summed E-state index contributed by atoms with van der Waals surface area (Å²) in [6, 6.07) is 4.84. The van der Waals surface area contributed by atoms with E-state index >= 15 is 0 Å². The van der Waals surface area contributed by atoms with Crippen molar-refractivity contribution in [1.29, 1.82) is 0 Å². The van der Waals surface area contributed by atoms with Gasteiger partial charge in [-0.05, 0) is 18.7 Å². The highest BCUT2D eigenvalue weighted by atomic mass is 32.2. The van der Waals surface area contributed by atoms with E-state index in [4.69, 9.17) is 4.74 Å². The van der Waals surface area contributed by atoms with E-state index in [1.807, 2.05) is 19.9 Å². The van der Waals surface area contributed by atoms with Crippen LogP contribution in [0.5, 0.6) is 5.75 Å². The molecule has 4 nitrogen and oxygen atoms in total. The Morgan fingerprint density at radius 2 is 2.13 bits per heavy atom. The van der Waals surface area contributed by atoms with Gasteiger partial charge in [-0.2, -0.15) is 0 Å². The van der Waals surface area contributed by atoms with Gasteiger partial charge in [0.2, 0.25) is 0 Å². The molecule has 0 radical (unpaired) electrons. The summed E-state index contributed by atoms with van der Waals surface area (Å²) in [6.45, 7) is 4.37. The molecule has 0 aliphatic rings. The molecule has 0 aliphatic carbocycles. The Morgan fingerprint density at radius 1 is 1.40 bits per heavy atom. The molecule has 1 aromatic carbocycles. The number of ether oxygens (including phenoxy) is 1. The normalized spacial score (nSPS) is 10.0. The minimum atomic E-state index is -0.401. The Hall–Kier alpha value is -1.23. The second kappa shape index (κ2) is 5.60. The van der Waals surface area contributed by atoms with Crippen molar-refractivity contribution in [2.75, 3.05) is 12.4 Å². The van der Waals surface area contributed by atoms with Gasteiger partial charge < -0.3 is 4.74 Å². The van der Waals surface area contributed by atoms with E-state index in [9.17, 15) is 10.1 Å². The van der Waals surface area contributed by atoms with E-state index < -0.39 is 4.92 Å². The van der Waals surface area contributed by atoms with Crippen LogP contribution >= 0.6 is 11.8 Å². The van der Waals surface area contributed by atoms with Crippen LogP contribution in [0, 0.1) is 10.1 Å². The maximum atomic E-state index is 10.7. The Kier molecular flexibility index (Phi) is 4.42. The molecule has 0 heterocycles. The molecule has 0 unspecified atom stereocenters. The quantitative estimate of drug-likeness (QED) is 0.440. The average Bonchev–Trinajstić information content (AvgIpc) is 2.18. The van der Waals surface area contributed by atoms with Crippen molar-refractivity contribution in [3.05, 3.63) is 28.3 Å². The van der Waals surface area contributed by atoms with E-state index in [-0.39, 0.29) is 5.69 Å². The predicted octanol–water partition coefficient (Wildman–Crippen LogP) is 3.11. The Labute approximate surface area is 92.8 Å². The molecular formula is C10H13NO3S. The largest absolute Gasteiger partial charge is 0.494 e. The van der Waals surface area contributed by atoms with E-state index in [1.165, 1.54) is 6.07 Å². The highest BCUT2D eigenvalue weighted by molar-refractivity contribution is 7.99. The van der Waals surface area contributed by atoms with Crippen LogP contribution in [0.3, 0.4) is 0 Å². The number of non-ortho nitro benzene ring substituents is 1. The lowest BCUT2D eigenvalue weighted by molar-refractivity contribution is -0.385. The lowest BCUT2D eigenvalue weighted by Crippen LogP contribution is -1.94. The van der Waals surface area contributed by atoms with E-state index in [0.29, 0.717) is 12.4 Å². The molecule has 0 aliphatic heterocycles. The number of nitro groups is 1. The van der Waals surface area contributed by atoms with Gasteiger partial charge in [-0.25, -0.2) is 0 Å². The first-order valence-corrected chi connectivity index (χ1v) is 5.71. The topological polar surface area (TPSA) is 52.4 Å². The van der Waals surface area contributed by atoms with Gasteiger partial charge in [0, 0.05) is 11.0 Å². The summed E-state index contributed by atoms with van der Waals surface area (Å²) in [5, 5.41) is 10.7. The molecule has 0 fully saturated rings. The maximum Gasteiger partial charge on any atom is 0.274 e. The first kappa shape index (κ1) is 11.8. The summed E-state index contributed by atoms with van der Waals surface area (Å²) in [5.41, 5.74) is 0.0805. The van der Waals surface area contributed by atoms with E-state index in [0.717, 1.165) is 10.6 Å². The van der Waals surface area contributed by atoms with Gasteiger partial charge in [0.25, 0.3) is 5.69 Å². The summed E-state index contributed by atoms with van der Waals surface area (Å²) < 4.78 is 5.27. The van der Waals surface area contributed by atoms with Crippen molar-refractivity contribution >= 4 is 17.4 Å². The number of benzene rings is 1. The molecule has 5 heteroatoms. The molecule has 1 rings (SSSR count). The molecule has 82 valence electrons. The van der Waals surface area contributed by atoms with Gasteiger partial charge in [-0.3, -0.25) is 10.1 Å². The second-order valence-corrected chi connectivity index (χ2v) is 4.12. The van der Waals surface area contributed by atoms with Gasteiger partial charge in [0.15, 0.2) is 0 Å². The number of thioether (sulfide) groups is 1. The lowest BCUT2D eigenvalue weighted by Gasteiger charge is -2.05. The molecule has 15 heavy (non-hydrogen) atoms. The molecule has 0 bridgehead atoms. The van der Waals surface area contributed by atoms with Crippen molar-refractivity contribution in [2.24, 2.45) is 0 Å². The third kappa shape index (κ3) is 3.43. The Bertz CT molecular complexity index is 330. The van der Waals surface area contributed by atoms with Gasteiger partial charge in [0.05, 0.1) is 17.6 Å². The van der Waals surface area contributed by atoms with Gasteiger partial charge in [-0.15, -0.1) is 11.8 Å². The van der Waals surface area contributed by atoms with E-state index in [1.54, 1.807) is 17.8 Å². The standard InChI is InChI=1S/C10H13NO3S/c1-3-14-9-5-8(11(12)13)6-10(7-9)15-4-2/h5-7H,3-4H2,1-2H3.